The molecule has 1 heterocycles. The molecule has 5 rings (SSSR count). The summed E-state index contributed by atoms with van der Waals surface area (Å²) in [5.41, 5.74) is 1.67. The SMILES string of the molecule is CCNC(=O)C(Cc1ccccc1)N(Cc1ccccc1)C(=O)CN(c1ccc(F)cc1)S(=O)(=O)c1ccc2c(c1)OCCO2. The highest BCUT2D eigenvalue weighted by Crippen LogP contribution is 2.34. The van der Waals surface area contributed by atoms with E-state index in [9.17, 15) is 22.4 Å². The first-order valence-corrected chi connectivity index (χ1v) is 16.0. The maximum Gasteiger partial charge on any atom is 0.264 e. The zero-order valence-corrected chi connectivity index (χ0v) is 25.6. The van der Waals surface area contributed by atoms with Gasteiger partial charge in [0.05, 0.1) is 10.6 Å². The number of hydrogen-bond acceptors (Lipinski definition) is 6. The summed E-state index contributed by atoms with van der Waals surface area (Å²) in [6.07, 6.45) is 0.205. The highest BCUT2D eigenvalue weighted by Gasteiger charge is 2.35. The van der Waals surface area contributed by atoms with Gasteiger partial charge in [-0.05, 0) is 54.4 Å². The van der Waals surface area contributed by atoms with Crippen LogP contribution >= 0.6 is 0 Å². The molecule has 11 heteroatoms. The standard InChI is InChI=1S/C34H34FN3O6S/c1-2-36-34(40)30(21-25-9-5-3-6-10-25)37(23-26-11-7-4-8-12-26)33(39)24-38(28-15-13-27(35)14-16-28)45(41,42)29-17-18-31-32(22-29)44-20-19-43-31/h3-18,22,30H,2,19-21,23-24H2,1H3,(H,36,40). The molecule has 0 bridgehead atoms. The lowest BCUT2D eigenvalue weighted by Gasteiger charge is -2.34. The van der Waals surface area contributed by atoms with E-state index < -0.39 is 34.3 Å². The van der Waals surface area contributed by atoms with Crippen LogP contribution in [0.4, 0.5) is 10.1 Å². The van der Waals surface area contributed by atoms with Crippen LogP contribution in [0.1, 0.15) is 18.1 Å². The molecule has 0 saturated carbocycles. The van der Waals surface area contributed by atoms with Gasteiger partial charge in [-0.3, -0.25) is 13.9 Å². The molecule has 0 radical (unpaired) electrons. The van der Waals surface area contributed by atoms with Crippen molar-refractivity contribution in [3.63, 3.8) is 0 Å². The smallest absolute Gasteiger partial charge is 0.264 e. The predicted molar refractivity (Wildman–Crippen MR) is 168 cm³/mol. The summed E-state index contributed by atoms with van der Waals surface area (Å²) in [5, 5.41) is 2.83. The Morgan fingerprint density at radius 3 is 2.11 bits per heavy atom. The number of rotatable bonds is 12. The second kappa shape index (κ2) is 14.3. The lowest BCUT2D eigenvalue weighted by atomic mass is 10.0. The third-order valence-electron chi connectivity index (χ3n) is 7.31. The zero-order chi connectivity index (χ0) is 31.8. The van der Waals surface area contributed by atoms with Gasteiger partial charge in [-0.1, -0.05) is 60.7 Å². The van der Waals surface area contributed by atoms with Gasteiger partial charge in [0, 0.05) is 25.6 Å². The van der Waals surface area contributed by atoms with Crippen molar-refractivity contribution < 1.29 is 31.9 Å². The van der Waals surface area contributed by atoms with Crippen molar-refractivity contribution in [2.75, 3.05) is 30.6 Å². The molecule has 4 aromatic carbocycles. The largest absolute Gasteiger partial charge is 0.486 e. The number of ether oxygens (including phenoxy) is 2. The maximum absolute atomic E-state index is 14.4. The van der Waals surface area contributed by atoms with E-state index in [2.05, 4.69) is 5.32 Å². The van der Waals surface area contributed by atoms with Crippen molar-refractivity contribution in [3.05, 3.63) is 120 Å². The summed E-state index contributed by atoms with van der Waals surface area (Å²) in [4.78, 5) is 29.2. The van der Waals surface area contributed by atoms with Crippen LogP contribution in [0.2, 0.25) is 0 Å². The Labute approximate surface area is 262 Å². The molecular weight excluding hydrogens is 597 g/mol. The quantitative estimate of drug-likeness (QED) is 0.246. The van der Waals surface area contributed by atoms with Gasteiger partial charge in [0.2, 0.25) is 11.8 Å². The van der Waals surface area contributed by atoms with Crippen LogP contribution in [0.15, 0.2) is 108 Å². The van der Waals surface area contributed by atoms with Gasteiger partial charge in [-0.15, -0.1) is 0 Å². The van der Waals surface area contributed by atoms with Crippen LogP contribution in [0.5, 0.6) is 11.5 Å². The van der Waals surface area contributed by atoms with Crippen molar-refractivity contribution in [1.82, 2.24) is 10.2 Å². The highest BCUT2D eigenvalue weighted by molar-refractivity contribution is 7.92. The normalized spacial score (nSPS) is 13.0. The van der Waals surface area contributed by atoms with E-state index >= 15 is 0 Å². The third-order valence-corrected chi connectivity index (χ3v) is 9.08. The maximum atomic E-state index is 14.4. The number of halogens is 1. The van der Waals surface area contributed by atoms with Gasteiger partial charge in [0.1, 0.15) is 31.6 Å². The summed E-state index contributed by atoms with van der Waals surface area (Å²) < 4.78 is 54.4. The molecule has 0 aliphatic carbocycles. The Balaban J connectivity index is 1.55. The van der Waals surface area contributed by atoms with Gasteiger partial charge in [0.25, 0.3) is 10.0 Å². The van der Waals surface area contributed by atoms with Crippen LogP contribution in [0.3, 0.4) is 0 Å². The average molecular weight is 632 g/mol. The Hall–Kier alpha value is -4.90. The number of carbonyl (C=O) groups is 2. The molecule has 1 unspecified atom stereocenters. The van der Waals surface area contributed by atoms with Crippen LogP contribution in [0.25, 0.3) is 0 Å². The molecule has 0 fully saturated rings. The van der Waals surface area contributed by atoms with Crippen molar-refractivity contribution in [2.24, 2.45) is 0 Å². The molecule has 9 nitrogen and oxygen atoms in total. The summed E-state index contributed by atoms with van der Waals surface area (Å²) >= 11 is 0. The number of likely N-dealkylation sites (N-methyl/N-ethyl adjacent to an activating group) is 1. The number of nitrogens with zero attached hydrogens (tertiary/aromatic N) is 2. The molecule has 0 saturated heterocycles. The minimum Gasteiger partial charge on any atom is -0.486 e. The number of carbonyl (C=O) groups excluding carboxylic acids is 2. The van der Waals surface area contributed by atoms with Crippen LogP contribution in [-0.2, 0) is 32.6 Å². The fourth-order valence-electron chi connectivity index (χ4n) is 5.07. The number of hydrogen-bond donors (Lipinski definition) is 1. The monoisotopic (exact) mass is 631 g/mol. The number of anilines is 1. The lowest BCUT2D eigenvalue weighted by Crippen LogP contribution is -2.53. The number of amides is 2. The van der Waals surface area contributed by atoms with Gasteiger partial charge in [-0.2, -0.15) is 0 Å². The van der Waals surface area contributed by atoms with Crippen molar-refractivity contribution in [2.45, 2.75) is 30.8 Å². The predicted octanol–water partition coefficient (Wildman–Crippen LogP) is 4.57. The molecule has 1 atom stereocenters. The second-order valence-electron chi connectivity index (χ2n) is 10.4. The molecule has 0 aromatic heterocycles. The fourth-order valence-corrected chi connectivity index (χ4v) is 6.50. The van der Waals surface area contributed by atoms with Crippen LogP contribution in [0, 0.1) is 5.82 Å². The van der Waals surface area contributed by atoms with E-state index in [4.69, 9.17) is 9.47 Å². The zero-order valence-electron chi connectivity index (χ0n) is 24.8. The van der Waals surface area contributed by atoms with Gasteiger partial charge in [-0.25, -0.2) is 12.8 Å². The van der Waals surface area contributed by atoms with E-state index in [0.29, 0.717) is 18.9 Å². The van der Waals surface area contributed by atoms with Gasteiger partial charge >= 0.3 is 0 Å². The molecule has 234 valence electrons. The summed E-state index contributed by atoms with van der Waals surface area (Å²) in [6, 6.07) is 26.6. The third kappa shape index (κ3) is 7.61. The average Bonchev–Trinajstić information content (AvgIpc) is 3.06. The number of benzene rings is 4. The minimum absolute atomic E-state index is 0.0512. The first kappa shape index (κ1) is 31.5. The topological polar surface area (TPSA) is 105 Å². The molecule has 1 aliphatic rings. The van der Waals surface area contributed by atoms with E-state index in [0.717, 1.165) is 27.6 Å². The van der Waals surface area contributed by atoms with Crippen molar-refractivity contribution >= 4 is 27.5 Å². The minimum atomic E-state index is -4.39. The number of fused-ring (bicyclic) bond motifs is 1. The molecule has 1 aliphatic heterocycles. The van der Waals surface area contributed by atoms with Crippen LogP contribution in [-0.4, -0.2) is 57.5 Å². The molecule has 45 heavy (non-hydrogen) atoms. The van der Waals surface area contributed by atoms with Gasteiger partial charge < -0.3 is 19.7 Å². The Morgan fingerprint density at radius 2 is 1.47 bits per heavy atom. The first-order chi connectivity index (χ1) is 21.8. The summed E-state index contributed by atoms with van der Waals surface area (Å²) in [7, 11) is -4.39. The van der Waals surface area contributed by atoms with E-state index in [-0.39, 0.29) is 41.8 Å². The Morgan fingerprint density at radius 1 is 0.844 bits per heavy atom. The molecule has 0 spiro atoms. The second-order valence-corrected chi connectivity index (χ2v) is 12.3. The lowest BCUT2D eigenvalue weighted by molar-refractivity contribution is -0.140. The van der Waals surface area contributed by atoms with Crippen molar-refractivity contribution in [1.29, 1.82) is 0 Å². The Bertz CT molecular complexity index is 1720. The fraction of sp³-hybridized carbons (Fsp3) is 0.235. The molecule has 2 amide bonds. The Kier molecular flexibility index (Phi) is 9.99. The number of sulfonamides is 1. The summed E-state index contributed by atoms with van der Waals surface area (Å²) in [5.74, 6) is -0.876. The number of nitrogens with one attached hydrogen (secondary N) is 1. The summed E-state index contributed by atoms with van der Waals surface area (Å²) in [6.45, 7) is 2.13. The van der Waals surface area contributed by atoms with Crippen molar-refractivity contribution in [3.8, 4) is 11.5 Å². The van der Waals surface area contributed by atoms with Crippen LogP contribution < -0.4 is 19.1 Å². The van der Waals surface area contributed by atoms with Gasteiger partial charge in [0.15, 0.2) is 11.5 Å². The molecular formula is C34H34FN3O6S. The molecule has 1 N–H and O–H groups in total. The first-order valence-electron chi connectivity index (χ1n) is 14.6. The highest BCUT2D eigenvalue weighted by atomic mass is 32.2. The molecule has 4 aromatic rings. The van der Waals surface area contributed by atoms with E-state index in [1.165, 1.54) is 35.2 Å². The van der Waals surface area contributed by atoms with E-state index in [1.54, 1.807) is 6.92 Å². The van der Waals surface area contributed by atoms with E-state index in [1.807, 2.05) is 60.7 Å².